The van der Waals surface area contributed by atoms with Gasteiger partial charge in [-0.05, 0) is 25.6 Å². The Morgan fingerprint density at radius 2 is 2.00 bits per heavy atom. The fourth-order valence-electron chi connectivity index (χ4n) is 2.52. The lowest BCUT2D eigenvalue weighted by atomic mass is 10.2. The second-order valence-electron chi connectivity index (χ2n) is 5.23. The van der Waals surface area contributed by atoms with E-state index in [2.05, 4.69) is 9.97 Å². The van der Waals surface area contributed by atoms with Gasteiger partial charge in [-0.15, -0.1) is 0 Å². The molecular formula is C16H13ClF2N4O. The van der Waals surface area contributed by atoms with E-state index >= 15 is 0 Å². The van der Waals surface area contributed by atoms with E-state index in [1.165, 1.54) is 23.8 Å². The first-order valence-electron chi connectivity index (χ1n) is 7.16. The van der Waals surface area contributed by atoms with Gasteiger partial charge in [0.2, 0.25) is 0 Å². The number of halogens is 3. The molecule has 0 atom stereocenters. The Balaban J connectivity index is 2.49. The molecule has 0 spiro atoms. The third kappa shape index (κ3) is 2.55. The number of fused-ring (bicyclic) bond motifs is 1. The fourth-order valence-corrected chi connectivity index (χ4v) is 2.76. The molecule has 8 heteroatoms. The van der Waals surface area contributed by atoms with E-state index in [-0.39, 0.29) is 46.0 Å². The number of hydrogen-bond acceptors (Lipinski definition) is 4. The summed E-state index contributed by atoms with van der Waals surface area (Å²) in [6, 6.07) is 2.43. The largest absolute Gasteiger partial charge is 0.330 e. The Labute approximate surface area is 140 Å². The highest BCUT2D eigenvalue weighted by Crippen LogP contribution is 2.24. The average Bonchev–Trinajstić information content (AvgIpc) is 2.55. The van der Waals surface area contributed by atoms with E-state index in [9.17, 15) is 13.6 Å². The quantitative estimate of drug-likeness (QED) is 0.787. The molecule has 0 saturated carbocycles. The van der Waals surface area contributed by atoms with Gasteiger partial charge in [-0.3, -0.25) is 14.3 Å². The number of rotatable bonds is 3. The maximum Gasteiger partial charge on any atom is 0.267 e. The Hall–Kier alpha value is -2.38. The zero-order valence-corrected chi connectivity index (χ0v) is 13.4. The second kappa shape index (κ2) is 6.26. The number of nitrogens with zero attached hydrogens (tertiary/aromatic N) is 3. The highest BCUT2D eigenvalue weighted by molar-refractivity contribution is 6.35. The SMILES string of the molecule is Cc1c(F)cncc1-n1c(CCN)nc2c(F)ccc(Cl)c2c1=O. The first kappa shape index (κ1) is 16.5. The molecular weight excluding hydrogens is 338 g/mol. The molecule has 0 bridgehead atoms. The highest BCUT2D eigenvalue weighted by Gasteiger charge is 2.19. The van der Waals surface area contributed by atoms with Gasteiger partial charge in [0.25, 0.3) is 5.56 Å². The first-order valence-corrected chi connectivity index (χ1v) is 7.53. The van der Waals surface area contributed by atoms with Crippen molar-refractivity contribution in [1.29, 1.82) is 0 Å². The van der Waals surface area contributed by atoms with Crippen LogP contribution in [-0.2, 0) is 6.42 Å². The van der Waals surface area contributed by atoms with Gasteiger partial charge in [0.1, 0.15) is 23.0 Å². The van der Waals surface area contributed by atoms with E-state index in [4.69, 9.17) is 17.3 Å². The zero-order chi connectivity index (χ0) is 17.4. The van der Waals surface area contributed by atoms with Gasteiger partial charge in [-0.2, -0.15) is 0 Å². The Morgan fingerprint density at radius 3 is 2.71 bits per heavy atom. The highest BCUT2D eigenvalue weighted by atomic mass is 35.5. The molecule has 0 radical (unpaired) electrons. The van der Waals surface area contributed by atoms with Crippen LogP contribution in [0.1, 0.15) is 11.4 Å². The van der Waals surface area contributed by atoms with Crippen molar-refractivity contribution in [2.45, 2.75) is 13.3 Å². The molecule has 3 rings (SSSR count). The van der Waals surface area contributed by atoms with Gasteiger partial charge in [0.15, 0.2) is 0 Å². The monoisotopic (exact) mass is 350 g/mol. The summed E-state index contributed by atoms with van der Waals surface area (Å²) in [5, 5.41) is 0.0000584. The van der Waals surface area contributed by atoms with Crippen molar-refractivity contribution in [3.63, 3.8) is 0 Å². The standard InChI is InChI=1S/C16H13ClF2N4O/c1-8-11(19)6-21-7-12(8)23-13(4-5-20)22-15-10(18)3-2-9(17)14(15)16(23)24/h2-3,6-7H,4-5,20H2,1H3. The van der Waals surface area contributed by atoms with Crippen LogP contribution in [0.25, 0.3) is 16.6 Å². The number of benzene rings is 1. The van der Waals surface area contributed by atoms with Crippen LogP contribution < -0.4 is 11.3 Å². The lowest BCUT2D eigenvalue weighted by Gasteiger charge is -2.15. The summed E-state index contributed by atoms with van der Waals surface area (Å²) in [4.78, 5) is 20.9. The molecule has 0 aliphatic carbocycles. The summed E-state index contributed by atoms with van der Waals surface area (Å²) >= 11 is 6.06. The molecule has 0 unspecified atom stereocenters. The summed E-state index contributed by atoms with van der Waals surface area (Å²) in [6.45, 7) is 1.70. The van der Waals surface area contributed by atoms with Crippen molar-refractivity contribution in [2.24, 2.45) is 5.73 Å². The van der Waals surface area contributed by atoms with Gasteiger partial charge in [-0.1, -0.05) is 11.6 Å². The molecule has 2 aromatic heterocycles. The minimum absolute atomic E-state index is 0.0684. The molecule has 0 aliphatic heterocycles. The number of aromatic nitrogens is 3. The molecule has 24 heavy (non-hydrogen) atoms. The summed E-state index contributed by atoms with van der Waals surface area (Å²) in [6.07, 6.45) is 2.60. The Kier molecular flexibility index (Phi) is 4.29. The van der Waals surface area contributed by atoms with Crippen LogP contribution in [0.3, 0.4) is 0 Å². The Morgan fingerprint density at radius 1 is 1.25 bits per heavy atom. The molecule has 0 aliphatic rings. The molecule has 2 N–H and O–H groups in total. The van der Waals surface area contributed by atoms with E-state index < -0.39 is 17.2 Å². The molecule has 3 aromatic rings. The lowest BCUT2D eigenvalue weighted by Crippen LogP contribution is -2.27. The van der Waals surface area contributed by atoms with Crippen LogP contribution in [0.4, 0.5) is 8.78 Å². The molecule has 124 valence electrons. The Bertz CT molecular complexity index is 1000. The summed E-state index contributed by atoms with van der Waals surface area (Å²) in [5.41, 5.74) is 5.29. The third-order valence-corrected chi connectivity index (χ3v) is 4.04. The van der Waals surface area contributed by atoms with Gasteiger partial charge in [0.05, 0.1) is 28.5 Å². The van der Waals surface area contributed by atoms with E-state index in [1.807, 2.05) is 0 Å². The molecule has 0 fully saturated rings. The molecule has 0 saturated heterocycles. The maximum atomic E-state index is 14.1. The minimum Gasteiger partial charge on any atom is -0.330 e. The van der Waals surface area contributed by atoms with Crippen molar-refractivity contribution >= 4 is 22.5 Å². The van der Waals surface area contributed by atoms with Crippen LogP contribution in [-0.4, -0.2) is 21.1 Å². The minimum atomic E-state index is -0.661. The summed E-state index contributed by atoms with van der Waals surface area (Å²) in [7, 11) is 0. The predicted octanol–water partition coefficient (Wildman–Crippen LogP) is 2.52. The number of hydrogen-bond donors (Lipinski definition) is 1. The van der Waals surface area contributed by atoms with Crippen molar-refractivity contribution < 1.29 is 8.78 Å². The normalized spacial score (nSPS) is 11.2. The van der Waals surface area contributed by atoms with Crippen molar-refractivity contribution in [2.75, 3.05) is 6.54 Å². The zero-order valence-electron chi connectivity index (χ0n) is 12.7. The van der Waals surface area contributed by atoms with Crippen molar-refractivity contribution in [3.05, 3.63) is 62.9 Å². The smallest absolute Gasteiger partial charge is 0.267 e. The molecule has 2 heterocycles. The summed E-state index contributed by atoms with van der Waals surface area (Å²) < 4.78 is 29.1. The third-order valence-electron chi connectivity index (χ3n) is 3.73. The van der Waals surface area contributed by atoms with Crippen LogP contribution in [0.2, 0.25) is 5.02 Å². The van der Waals surface area contributed by atoms with Gasteiger partial charge in [0, 0.05) is 12.0 Å². The predicted molar refractivity (Wildman–Crippen MR) is 87.6 cm³/mol. The van der Waals surface area contributed by atoms with Gasteiger partial charge in [-0.25, -0.2) is 13.8 Å². The maximum absolute atomic E-state index is 14.1. The van der Waals surface area contributed by atoms with Crippen molar-refractivity contribution in [3.8, 4) is 5.69 Å². The van der Waals surface area contributed by atoms with Crippen LogP contribution in [0, 0.1) is 18.6 Å². The van der Waals surface area contributed by atoms with Crippen LogP contribution in [0.15, 0.2) is 29.3 Å². The number of nitrogens with two attached hydrogens (primary N) is 1. The van der Waals surface area contributed by atoms with Gasteiger partial charge >= 0.3 is 0 Å². The van der Waals surface area contributed by atoms with Crippen LogP contribution >= 0.6 is 11.6 Å². The topological polar surface area (TPSA) is 73.8 Å². The second-order valence-corrected chi connectivity index (χ2v) is 5.63. The van der Waals surface area contributed by atoms with Crippen molar-refractivity contribution in [1.82, 2.24) is 14.5 Å². The average molecular weight is 351 g/mol. The van der Waals surface area contributed by atoms with E-state index in [0.717, 1.165) is 12.3 Å². The van der Waals surface area contributed by atoms with E-state index in [0.29, 0.717) is 0 Å². The fraction of sp³-hybridized carbons (Fsp3) is 0.188. The number of pyridine rings is 1. The molecule has 0 amide bonds. The van der Waals surface area contributed by atoms with Crippen LogP contribution in [0.5, 0.6) is 0 Å². The van der Waals surface area contributed by atoms with Gasteiger partial charge < -0.3 is 5.73 Å². The summed E-state index contributed by atoms with van der Waals surface area (Å²) in [5.74, 6) is -1.01. The molecule has 5 nitrogen and oxygen atoms in total. The molecule has 1 aromatic carbocycles. The first-order chi connectivity index (χ1) is 11.5. The van der Waals surface area contributed by atoms with E-state index in [1.54, 1.807) is 0 Å². The lowest BCUT2D eigenvalue weighted by molar-refractivity contribution is 0.608.